The number of benzene rings is 1. The van der Waals surface area contributed by atoms with E-state index in [0.29, 0.717) is 12.1 Å². The number of hydrogen-bond donors (Lipinski definition) is 0. The van der Waals surface area contributed by atoms with E-state index in [-0.39, 0.29) is 11.4 Å². The molecule has 0 aromatic heterocycles. The summed E-state index contributed by atoms with van der Waals surface area (Å²) >= 11 is 0. The SMILES string of the molecule is COC1(C)CCCN(Cc2cc(F)cc(C#N)c2)C1. The predicted octanol–water partition coefficient (Wildman–Crippen LogP) is 2.70. The van der Waals surface area contributed by atoms with Crippen LogP contribution in [0.3, 0.4) is 0 Å². The predicted molar refractivity (Wildman–Crippen MR) is 71.0 cm³/mol. The largest absolute Gasteiger partial charge is 0.377 e. The maximum Gasteiger partial charge on any atom is 0.124 e. The molecule has 1 saturated heterocycles. The zero-order chi connectivity index (χ0) is 13.9. The van der Waals surface area contributed by atoms with E-state index in [0.717, 1.165) is 31.5 Å². The number of piperidine rings is 1. The quantitative estimate of drug-likeness (QED) is 0.840. The molecule has 0 saturated carbocycles. The van der Waals surface area contributed by atoms with E-state index in [9.17, 15) is 4.39 Å². The highest BCUT2D eigenvalue weighted by molar-refractivity contribution is 5.33. The second kappa shape index (κ2) is 5.68. The second-order valence-electron chi connectivity index (χ2n) is 5.43. The molecule has 1 unspecified atom stereocenters. The summed E-state index contributed by atoms with van der Waals surface area (Å²) in [6.07, 6.45) is 2.12. The molecule has 0 amide bonds. The van der Waals surface area contributed by atoms with Crippen LogP contribution in [0.1, 0.15) is 30.9 Å². The monoisotopic (exact) mass is 262 g/mol. The minimum atomic E-state index is -0.347. The van der Waals surface area contributed by atoms with Gasteiger partial charge in [-0.3, -0.25) is 4.90 Å². The Kier molecular flexibility index (Phi) is 4.18. The van der Waals surface area contributed by atoms with Gasteiger partial charge in [0.1, 0.15) is 5.82 Å². The van der Waals surface area contributed by atoms with Crippen LogP contribution in [0.15, 0.2) is 18.2 Å². The lowest BCUT2D eigenvalue weighted by molar-refractivity contribution is -0.0527. The highest BCUT2D eigenvalue weighted by Crippen LogP contribution is 2.25. The summed E-state index contributed by atoms with van der Waals surface area (Å²) in [6, 6.07) is 6.50. The van der Waals surface area contributed by atoms with Gasteiger partial charge in [-0.1, -0.05) is 0 Å². The van der Waals surface area contributed by atoms with Gasteiger partial charge in [0.15, 0.2) is 0 Å². The van der Waals surface area contributed by atoms with Crippen molar-refractivity contribution >= 4 is 0 Å². The summed E-state index contributed by atoms with van der Waals surface area (Å²) in [6.45, 7) is 4.58. The first-order valence-electron chi connectivity index (χ1n) is 6.52. The molecule has 2 rings (SSSR count). The third-order valence-electron chi connectivity index (χ3n) is 3.72. The van der Waals surface area contributed by atoms with E-state index in [4.69, 9.17) is 10.00 Å². The number of nitrogens with zero attached hydrogens (tertiary/aromatic N) is 2. The molecule has 0 spiro atoms. The van der Waals surface area contributed by atoms with Gasteiger partial charge >= 0.3 is 0 Å². The van der Waals surface area contributed by atoms with Crippen LogP contribution in [0.5, 0.6) is 0 Å². The topological polar surface area (TPSA) is 36.3 Å². The number of rotatable bonds is 3. The number of methoxy groups -OCH3 is 1. The van der Waals surface area contributed by atoms with Crippen LogP contribution < -0.4 is 0 Å². The van der Waals surface area contributed by atoms with Crippen LogP contribution in [-0.2, 0) is 11.3 Å². The highest BCUT2D eigenvalue weighted by Gasteiger charge is 2.30. The molecular weight excluding hydrogens is 243 g/mol. The summed E-state index contributed by atoms with van der Waals surface area (Å²) in [5, 5.41) is 8.86. The van der Waals surface area contributed by atoms with Crippen LogP contribution in [0, 0.1) is 17.1 Å². The molecule has 1 aliphatic heterocycles. The summed E-state index contributed by atoms with van der Waals surface area (Å²) in [7, 11) is 1.74. The molecule has 0 bridgehead atoms. The maximum absolute atomic E-state index is 13.4. The zero-order valence-electron chi connectivity index (χ0n) is 11.4. The Hall–Kier alpha value is -1.44. The summed E-state index contributed by atoms with van der Waals surface area (Å²) < 4.78 is 18.9. The van der Waals surface area contributed by atoms with Gasteiger partial charge in [0.25, 0.3) is 0 Å². The normalized spacial score (nSPS) is 24.1. The van der Waals surface area contributed by atoms with E-state index in [1.54, 1.807) is 13.2 Å². The standard InChI is InChI=1S/C15H19FN2O/c1-15(19-2)4-3-5-18(11-15)10-13-6-12(9-17)7-14(16)8-13/h6-8H,3-5,10-11H2,1-2H3. The molecule has 1 heterocycles. The Balaban J connectivity index is 2.09. The third kappa shape index (κ3) is 3.52. The van der Waals surface area contributed by atoms with E-state index < -0.39 is 0 Å². The van der Waals surface area contributed by atoms with Gasteiger partial charge in [0.05, 0.1) is 17.2 Å². The van der Waals surface area contributed by atoms with Crippen molar-refractivity contribution in [3.05, 3.63) is 35.1 Å². The number of likely N-dealkylation sites (tertiary alicyclic amines) is 1. The van der Waals surface area contributed by atoms with E-state index in [1.807, 2.05) is 6.07 Å². The molecular formula is C15H19FN2O. The number of ether oxygens (including phenoxy) is 1. The maximum atomic E-state index is 13.4. The molecule has 1 fully saturated rings. The van der Waals surface area contributed by atoms with Gasteiger partial charge in [-0.05, 0) is 50.1 Å². The van der Waals surface area contributed by atoms with Crippen molar-refractivity contribution in [1.29, 1.82) is 5.26 Å². The Morgan fingerprint density at radius 1 is 1.47 bits per heavy atom. The van der Waals surface area contributed by atoms with Crippen LogP contribution in [0.4, 0.5) is 4.39 Å². The van der Waals surface area contributed by atoms with E-state index >= 15 is 0 Å². The van der Waals surface area contributed by atoms with Gasteiger partial charge in [-0.15, -0.1) is 0 Å². The lowest BCUT2D eigenvalue weighted by atomic mass is 9.94. The summed E-state index contributed by atoms with van der Waals surface area (Å²) in [5.74, 6) is -0.347. The zero-order valence-corrected chi connectivity index (χ0v) is 11.4. The first-order valence-corrected chi connectivity index (χ1v) is 6.52. The Morgan fingerprint density at radius 3 is 2.95 bits per heavy atom. The van der Waals surface area contributed by atoms with Crippen molar-refractivity contribution < 1.29 is 9.13 Å². The van der Waals surface area contributed by atoms with Crippen molar-refractivity contribution in [2.75, 3.05) is 20.2 Å². The molecule has 0 N–H and O–H groups in total. The van der Waals surface area contributed by atoms with Crippen molar-refractivity contribution in [2.45, 2.75) is 31.9 Å². The van der Waals surface area contributed by atoms with Crippen LogP contribution in [0.2, 0.25) is 0 Å². The van der Waals surface area contributed by atoms with Crippen LogP contribution in [0.25, 0.3) is 0 Å². The summed E-state index contributed by atoms with van der Waals surface area (Å²) in [5.41, 5.74) is 1.10. The average Bonchev–Trinajstić information content (AvgIpc) is 2.38. The average molecular weight is 262 g/mol. The fraction of sp³-hybridized carbons (Fsp3) is 0.533. The van der Waals surface area contributed by atoms with Gasteiger partial charge < -0.3 is 4.74 Å². The Morgan fingerprint density at radius 2 is 2.26 bits per heavy atom. The lowest BCUT2D eigenvalue weighted by Crippen LogP contribution is -2.46. The number of halogens is 1. The third-order valence-corrected chi connectivity index (χ3v) is 3.72. The number of nitriles is 1. The van der Waals surface area contributed by atoms with Crippen molar-refractivity contribution in [1.82, 2.24) is 4.90 Å². The summed E-state index contributed by atoms with van der Waals surface area (Å²) in [4.78, 5) is 2.25. The van der Waals surface area contributed by atoms with Gasteiger partial charge in [-0.2, -0.15) is 5.26 Å². The minimum Gasteiger partial charge on any atom is -0.377 e. The van der Waals surface area contributed by atoms with Crippen molar-refractivity contribution in [3.8, 4) is 6.07 Å². The molecule has 0 aliphatic carbocycles. The molecule has 4 heteroatoms. The number of hydrogen-bond acceptors (Lipinski definition) is 3. The minimum absolute atomic E-state index is 0.121. The van der Waals surface area contributed by atoms with Gasteiger partial charge in [0.2, 0.25) is 0 Å². The van der Waals surface area contributed by atoms with E-state index in [2.05, 4.69) is 11.8 Å². The van der Waals surface area contributed by atoms with Crippen molar-refractivity contribution in [2.24, 2.45) is 0 Å². The first-order chi connectivity index (χ1) is 9.04. The molecule has 1 aliphatic rings. The lowest BCUT2D eigenvalue weighted by Gasteiger charge is -2.39. The smallest absolute Gasteiger partial charge is 0.124 e. The van der Waals surface area contributed by atoms with Gasteiger partial charge in [-0.25, -0.2) is 4.39 Å². The highest BCUT2D eigenvalue weighted by atomic mass is 19.1. The van der Waals surface area contributed by atoms with E-state index in [1.165, 1.54) is 12.1 Å². The molecule has 3 nitrogen and oxygen atoms in total. The van der Waals surface area contributed by atoms with Gasteiger partial charge in [0, 0.05) is 20.2 Å². The molecule has 0 radical (unpaired) electrons. The van der Waals surface area contributed by atoms with Crippen molar-refractivity contribution in [3.63, 3.8) is 0 Å². The molecule has 102 valence electrons. The first kappa shape index (κ1) is 14.0. The molecule has 1 aromatic rings. The molecule has 19 heavy (non-hydrogen) atoms. The Labute approximate surface area is 113 Å². The Bertz CT molecular complexity index is 497. The fourth-order valence-corrected chi connectivity index (χ4v) is 2.67. The molecule has 1 atom stereocenters. The molecule has 1 aromatic carbocycles. The fourth-order valence-electron chi connectivity index (χ4n) is 2.67. The van der Waals surface area contributed by atoms with Crippen LogP contribution >= 0.6 is 0 Å². The second-order valence-corrected chi connectivity index (χ2v) is 5.43. The van der Waals surface area contributed by atoms with Crippen LogP contribution in [-0.4, -0.2) is 30.7 Å².